The van der Waals surface area contributed by atoms with E-state index in [1.54, 1.807) is 0 Å². The summed E-state index contributed by atoms with van der Waals surface area (Å²) in [5, 5.41) is 0. The molecule has 0 aromatic carbocycles. The lowest BCUT2D eigenvalue weighted by Crippen LogP contribution is -3.15. The number of carbonyl (C=O) groups excluding carboxylic acids is 2. The zero-order chi connectivity index (χ0) is 13.0. The molecule has 2 fully saturated rings. The molecule has 2 saturated heterocycles. The number of cyclic esters (lactones) is 1. The molecule has 18 heavy (non-hydrogen) atoms. The van der Waals surface area contributed by atoms with E-state index in [-0.39, 0.29) is 18.5 Å². The number of hydrogen-bond acceptors (Lipinski definition) is 5. The minimum absolute atomic E-state index is 0.163. The number of nitrogens with one attached hydrogen (secondary N) is 1. The first-order valence-corrected chi connectivity index (χ1v) is 6.36. The molecule has 0 aromatic rings. The largest absolute Gasteiger partial charge is 0.461 e. The molecule has 1 N–H and O–H groups in total. The maximum Gasteiger partial charge on any atom is 0.362 e. The number of esters is 2. The van der Waals surface area contributed by atoms with Gasteiger partial charge in [-0.15, -0.1) is 0 Å². The van der Waals surface area contributed by atoms with E-state index >= 15 is 0 Å². The summed E-state index contributed by atoms with van der Waals surface area (Å²) in [6.07, 6.45) is 0.851. The van der Waals surface area contributed by atoms with Crippen molar-refractivity contribution in [2.45, 2.75) is 25.4 Å². The summed E-state index contributed by atoms with van der Waals surface area (Å²) in [7, 11) is 0. The van der Waals surface area contributed by atoms with E-state index in [1.807, 2.05) is 6.92 Å². The van der Waals surface area contributed by atoms with Crippen LogP contribution in [0.1, 0.15) is 19.8 Å². The molecule has 0 aliphatic carbocycles. The lowest BCUT2D eigenvalue weighted by molar-refractivity contribution is -0.900. The predicted molar refractivity (Wildman–Crippen MR) is 61.1 cm³/mol. The first kappa shape index (κ1) is 13.3. The highest BCUT2D eigenvalue weighted by atomic mass is 16.6. The molecular weight excluding hydrogens is 238 g/mol. The molecule has 102 valence electrons. The molecule has 0 spiro atoms. The molecule has 1 unspecified atom stereocenters. The van der Waals surface area contributed by atoms with Gasteiger partial charge in [-0.1, -0.05) is 0 Å². The summed E-state index contributed by atoms with van der Waals surface area (Å²) >= 11 is 0. The Morgan fingerprint density at radius 3 is 2.78 bits per heavy atom. The van der Waals surface area contributed by atoms with Crippen molar-refractivity contribution in [3.05, 3.63) is 0 Å². The fraction of sp³-hybridized carbons (Fsp3) is 0.833. The summed E-state index contributed by atoms with van der Waals surface area (Å²) in [5.41, 5.74) is -0.656. The minimum atomic E-state index is -0.656. The standard InChI is InChI=1S/C12H19NO5/c1-12(3-2-10(14)17-9-12)18-11(15)8-13-4-6-16-7-5-13/h2-9H2,1H3/p+1. The van der Waals surface area contributed by atoms with Crippen molar-refractivity contribution in [1.82, 2.24) is 0 Å². The van der Waals surface area contributed by atoms with Gasteiger partial charge in [0.05, 0.1) is 13.2 Å². The Balaban J connectivity index is 1.77. The molecule has 0 aromatic heterocycles. The summed E-state index contributed by atoms with van der Waals surface area (Å²) < 4.78 is 15.6. The van der Waals surface area contributed by atoms with E-state index < -0.39 is 5.60 Å². The van der Waals surface area contributed by atoms with Gasteiger partial charge < -0.3 is 19.1 Å². The van der Waals surface area contributed by atoms with Gasteiger partial charge in [-0.25, -0.2) is 4.79 Å². The first-order valence-electron chi connectivity index (χ1n) is 6.36. The zero-order valence-electron chi connectivity index (χ0n) is 10.7. The molecule has 0 saturated carbocycles. The Morgan fingerprint density at radius 2 is 2.17 bits per heavy atom. The molecule has 2 rings (SSSR count). The first-order chi connectivity index (χ1) is 8.57. The van der Waals surface area contributed by atoms with Gasteiger partial charge in [-0.3, -0.25) is 4.79 Å². The van der Waals surface area contributed by atoms with Crippen molar-refractivity contribution in [3.63, 3.8) is 0 Å². The van der Waals surface area contributed by atoms with Crippen LogP contribution in [0.25, 0.3) is 0 Å². The average Bonchev–Trinajstić information content (AvgIpc) is 2.34. The summed E-state index contributed by atoms with van der Waals surface area (Å²) in [6, 6.07) is 0. The Hall–Kier alpha value is -1.14. The number of ether oxygens (including phenoxy) is 3. The van der Waals surface area contributed by atoms with Gasteiger partial charge in [0.25, 0.3) is 0 Å². The van der Waals surface area contributed by atoms with E-state index in [2.05, 4.69) is 0 Å². The third kappa shape index (κ3) is 3.68. The molecule has 6 nitrogen and oxygen atoms in total. The Morgan fingerprint density at radius 1 is 1.44 bits per heavy atom. The maximum atomic E-state index is 11.8. The summed E-state index contributed by atoms with van der Waals surface area (Å²) in [5.74, 6) is -0.449. The molecule has 0 bridgehead atoms. The van der Waals surface area contributed by atoms with Gasteiger partial charge in [0.15, 0.2) is 6.54 Å². The van der Waals surface area contributed by atoms with Crippen LogP contribution in [0.2, 0.25) is 0 Å². The maximum absolute atomic E-state index is 11.8. The second-order valence-corrected chi connectivity index (χ2v) is 5.12. The molecule has 0 radical (unpaired) electrons. The van der Waals surface area contributed by atoms with Crippen LogP contribution in [0.4, 0.5) is 0 Å². The molecule has 2 aliphatic rings. The number of rotatable bonds is 3. The van der Waals surface area contributed by atoms with E-state index in [0.29, 0.717) is 32.6 Å². The van der Waals surface area contributed by atoms with Crippen LogP contribution in [-0.4, -0.2) is 57.0 Å². The van der Waals surface area contributed by atoms with Crippen LogP contribution < -0.4 is 4.90 Å². The third-order valence-corrected chi connectivity index (χ3v) is 3.35. The van der Waals surface area contributed by atoms with Crippen molar-refractivity contribution < 1.29 is 28.7 Å². The van der Waals surface area contributed by atoms with E-state index in [4.69, 9.17) is 14.2 Å². The predicted octanol–water partition coefficient (Wildman–Crippen LogP) is -1.46. The average molecular weight is 258 g/mol. The van der Waals surface area contributed by atoms with Gasteiger partial charge in [-0.05, 0) is 6.92 Å². The Bertz CT molecular complexity index is 314. The monoisotopic (exact) mass is 258 g/mol. The third-order valence-electron chi connectivity index (χ3n) is 3.35. The molecule has 2 aliphatic heterocycles. The fourth-order valence-corrected chi connectivity index (χ4v) is 2.18. The highest BCUT2D eigenvalue weighted by Gasteiger charge is 2.36. The van der Waals surface area contributed by atoms with Crippen LogP contribution >= 0.6 is 0 Å². The van der Waals surface area contributed by atoms with E-state index in [0.717, 1.165) is 13.1 Å². The summed E-state index contributed by atoms with van der Waals surface area (Å²) in [6.45, 7) is 5.38. The van der Waals surface area contributed by atoms with Crippen LogP contribution in [0.3, 0.4) is 0 Å². The molecule has 0 amide bonds. The molecule has 2 heterocycles. The minimum Gasteiger partial charge on any atom is -0.461 e. The fourth-order valence-electron chi connectivity index (χ4n) is 2.18. The van der Waals surface area contributed by atoms with Crippen molar-refractivity contribution in [2.75, 3.05) is 39.5 Å². The van der Waals surface area contributed by atoms with Crippen LogP contribution in [0.5, 0.6) is 0 Å². The smallest absolute Gasteiger partial charge is 0.362 e. The highest BCUT2D eigenvalue weighted by molar-refractivity contribution is 5.72. The van der Waals surface area contributed by atoms with Gasteiger partial charge in [0, 0.05) is 12.8 Å². The van der Waals surface area contributed by atoms with Crippen molar-refractivity contribution >= 4 is 11.9 Å². The van der Waals surface area contributed by atoms with Crippen LogP contribution in [0.15, 0.2) is 0 Å². The van der Waals surface area contributed by atoms with Crippen molar-refractivity contribution in [2.24, 2.45) is 0 Å². The molecule has 1 atom stereocenters. The van der Waals surface area contributed by atoms with Crippen LogP contribution in [0, 0.1) is 0 Å². The topological polar surface area (TPSA) is 66.3 Å². The SMILES string of the molecule is CC1(OC(=O)C[NH+]2CCOCC2)CCC(=O)OC1. The number of carbonyl (C=O) groups is 2. The molecule has 6 heteroatoms. The lowest BCUT2D eigenvalue weighted by Gasteiger charge is -2.32. The lowest BCUT2D eigenvalue weighted by atomic mass is 9.99. The second kappa shape index (κ2) is 5.67. The highest BCUT2D eigenvalue weighted by Crippen LogP contribution is 2.23. The Kier molecular flexibility index (Phi) is 4.19. The zero-order valence-corrected chi connectivity index (χ0v) is 10.7. The Labute approximate surface area is 106 Å². The van der Waals surface area contributed by atoms with Crippen molar-refractivity contribution in [1.29, 1.82) is 0 Å². The normalized spacial score (nSPS) is 29.7. The van der Waals surface area contributed by atoms with Gasteiger partial charge in [0.2, 0.25) is 0 Å². The summed E-state index contributed by atoms with van der Waals surface area (Å²) in [4.78, 5) is 24.0. The number of hydrogen-bond donors (Lipinski definition) is 1. The second-order valence-electron chi connectivity index (χ2n) is 5.12. The number of morpholine rings is 1. The number of quaternary nitrogens is 1. The molecular formula is C12H20NO5+. The van der Waals surface area contributed by atoms with Gasteiger partial charge >= 0.3 is 11.9 Å². The van der Waals surface area contributed by atoms with Crippen molar-refractivity contribution in [3.8, 4) is 0 Å². The van der Waals surface area contributed by atoms with Crippen LogP contribution in [-0.2, 0) is 23.8 Å². The van der Waals surface area contributed by atoms with Gasteiger partial charge in [-0.2, -0.15) is 0 Å². The van der Waals surface area contributed by atoms with Gasteiger partial charge in [0.1, 0.15) is 25.3 Å². The quantitative estimate of drug-likeness (QED) is 0.627. The van der Waals surface area contributed by atoms with E-state index in [9.17, 15) is 9.59 Å². The van der Waals surface area contributed by atoms with E-state index in [1.165, 1.54) is 4.90 Å².